The number of hydrogen-bond donors (Lipinski definition) is 0. The summed E-state index contributed by atoms with van der Waals surface area (Å²) in [6.45, 7) is 8.15. The first-order valence-corrected chi connectivity index (χ1v) is 14.7. The summed E-state index contributed by atoms with van der Waals surface area (Å²) in [4.78, 5) is 0. The first kappa shape index (κ1) is 25.3. The van der Waals surface area contributed by atoms with Crippen LogP contribution in [0.3, 0.4) is 0 Å². The maximum atomic E-state index is 5.94. The van der Waals surface area contributed by atoms with Gasteiger partial charge in [-0.2, -0.15) is 0 Å². The fourth-order valence-electron chi connectivity index (χ4n) is 4.94. The normalized spacial score (nSPS) is 23.9. The van der Waals surface area contributed by atoms with Crippen LogP contribution in [0.2, 0.25) is 6.04 Å². The molecule has 2 fully saturated rings. The molecule has 5 heteroatoms. The summed E-state index contributed by atoms with van der Waals surface area (Å²) in [6, 6.07) is 0.969. The predicted octanol–water partition coefficient (Wildman–Crippen LogP) is 6.89. The second-order valence-corrected chi connectivity index (χ2v) is 11.7. The fourth-order valence-corrected chi connectivity index (χ4v) is 7.62. The third-order valence-corrected chi connectivity index (χ3v) is 9.70. The molecule has 3 atom stereocenters. The molecule has 2 rings (SSSR count). The first-order valence-electron chi connectivity index (χ1n) is 12.8. The molecule has 4 nitrogen and oxygen atoms in total. The van der Waals surface area contributed by atoms with Gasteiger partial charge in [-0.05, 0) is 52.4 Å². The lowest BCUT2D eigenvalue weighted by atomic mass is 9.85. The van der Waals surface area contributed by atoms with Crippen molar-refractivity contribution in [1.29, 1.82) is 0 Å². The summed E-state index contributed by atoms with van der Waals surface area (Å²) in [6.07, 6.45) is 20.6. The van der Waals surface area contributed by atoms with Crippen molar-refractivity contribution in [2.75, 3.05) is 19.8 Å². The van der Waals surface area contributed by atoms with Crippen LogP contribution in [0.15, 0.2) is 0 Å². The van der Waals surface area contributed by atoms with E-state index < -0.39 is 8.80 Å². The van der Waals surface area contributed by atoms with Gasteiger partial charge in [0.05, 0.1) is 12.2 Å². The Morgan fingerprint density at radius 1 is 0.655 bits per heavy atom. The molecular weight excluding hydrogens is 380 g/mol. The van der Waals surface area contributed by atoms with E-state index in [0.717, 1.165) is 12.0 Å². The van der Waals surface area contributed by atoms with Crippen molar-refractivity contribution in [2.45, 2.75) is 129 Å². The highest BCUT2D eigenvalue weighted by Gasteiger charge is 2.43. The molecule has 1 heterocycles. The van der Waals surface area contributed by atoms with Crippen LogP contribution in [0, 0.1) is 5.92 Å². The smallest absolute Gasteiger partial charge is 0.374 e. The maximum Gasteiger partial charge on any atom is 0.500 e. The molecule has 0 bridgehead atoms. The van der Waals surface area contributed by atoms with E-state index in [0.29, 0.717) is 32.0 Å². The second-order valence-electron chi connectivity index (χ2n) is 8.95. The van der Waals surface area contributed by atoms with E-state index in [-0.39, 0.29) is 0 Å². The summed E-state index contributed by atoms with van der Waals surface area (Å²) < 4.78 is 23.5. The highest BCUT2D eigenvalue weighted by molar-refractivity contribution is 6.60. The third-order valence-electron chi connectivity index (χ3n) is 6.55. The Morgan fingerprint density at radius 3 is 1.69 bits per heavy atom. The molecule has 1 aliphatic heterocycles. The molecule has 1 saturated heterocycles. The molecule has 172 valence electrons. The molecule has 2 aliphatic rings. The number of epoxide rings is 1. The molecule has 0 aromatic heterocycles. The van der Waals surface area contributed by atoms with Crippen molar-refractivity contribution in [2.24, 2.45) is 5.92 Å². The quantitative estimate of drug-likeness (QED) is 0.127. The van der Waals surface area contributed by atoms with Crippen LogP contribution in [-0.4, -0.2) is 40.8 Å². The van der Waals surface area contributed by atoms with Crippen molar-refractivity contribution >= 4 is 8.80 Å². The SMILES string of the molecule is CCO[Si](CCCCCCCCCCCCC1CCC2OC2C1)(OCC)OCC. The number of rotatable bonds is 19. The zero-order valence-electron chi connectivity index (χ0n) is 19.6. The minimum Gasteiger partial charge on any atom is -0.374 e. The van der Waals surface area contributed by atoms with E-state index in [9.17, 15) is 0 Å². The fraction of sp³-hybridized carbons (Fsp3) is 1.00. The summed E-state index contributed by atoms with van der Waals surface area (Å²) >= 11 is 0. The molecule has 0 spiro atoms. The van der Waals surface area contributed by atoms with Crippen molar-refractivity contribution in [3.05, 3.63) is 0 Å². The lowest BCUT2D eigenvalue weighted by Crippen LogP contribution is -2.45. The van der Waals surface area contributed by atoms with Crippen molar-refractivity contribution in [3.63, 3.8) is 0 Å². The summed E-state index contributed by atoms with van der Waals surface area (Å²) in [7, 11) is -2.41. The molecule has 0 amide bonds. The average Bonchev–Trinajstić information content (AvgIpc) is 3.48. The van der Waals surface area contributed by atoms with Gasteiger partial charge in [0.15, 0.2) is 0 Å². The summed E-state index contributed by atoms with van der Waals surface area (Å²) in [5, 5.41) is 0. The van der Waals surface area contributed by atoms with Gasteiger partial charge in [-0.25, -0.2) is 0 Å². The van der Waals surface area contributed by atoms with Gasteiger partial charge in [-0.3, -0.25) is 0 Å². The van der Waals surface area contributed by atoms with E-state index in [1.165, 1.54) is 89.9 Å². The van der Waals surface area contributed by atoms with E-state index >= 15 is 0 Å². The van der Waals surface area contributed by atoms with E-state index in [4.69, 9.17) is 18.0 Å². The molecule has 0 radical (unpaired) electrons. The highest BCUT2D eigenvalue weighted by atomic mass is 28.4. The lowest BCUT2D eigenvalue weighted by molar-refractivity contribution is 0.0706. The van der Waals surface area contributed by atoms with Gasteiger partial charge in [-0.1, -0.05) is 64.2 Å². The molecule has 29 heavy (non-hydrogen) atoms. The zero-order chi connectivity index (χ0) is 20.8. The van der Waals surface area contributed by atoms with E-state index in [1.54, 1.807) is 0 Å². The Morgan fingerprint density at radius 2 is 1.17 bits per heavy atom. The highest BCUT2D eigenvalue weighted by Crippen LogP contribution is 2.41. The van der Waals surface area contributed by atoms with Gasteiger partial charge in [0, 0.05) is 25.9 Å². The predicted molar refractivity (Wildman–Crippen MR) is 122 cm³/mol. The average molecular weight is 429 g/mol. The summed E-state index contributed by atoms with van der Waals surface area (Å²) in [5.74, 6) is 0.966. The lowest BCUT2D eigenvalue weighted by Gasteiger charge is -2.28. The van der Waals surface area contributed by atoms with Crippen molar-refractivity contribution in [1.82, 2.24) is 0 Å². The number of hydrogen-bond acceptors (Lipinski definition) is 4. The third kappa shape index (κ3) is 10.3. The van der Waals surface area contributed by atoms with Gasteiger partial charge in [0.25, 0.3) is 0 Å². The Hall–Kier alpha value is 0.0569. The van der Waals surface area contributed by atoms with Crippen LogP contribution < -0.4 is 0 Å². The monoisotopic (exact) mass is 428 g/mol. The molecule has 1 aliphatic carbocycles. The summed E-state index contributed by atoms with van der Waals surface area (Å²) in [5.41, 5.74) is 0. The van der Waals surface area contributed by atoms with Gasteiger partial charge in [0.1, 0.15) is 0 Å². The Labute approximate surface area is 181 Å². The van der Waals surface area contributed by atoms with Gasteiger partial charge in [0.2, 0.25) is 0 Å². The number of fused-ring (bicyclic) bond motifs is 1. The Bertz CT molecular complexity index is 389. The largest absolute Gasteiger partial charge is 0.500 e. The topological polar surface area (TPSA) is 40.2 Å². The van der Waals surface area contributed by atoms with Crippen LogP contribution in [0.4, 0.5) is 0 Å². The second kappa shape index (κ2) is 15.0. The number of unbranched alkanes of at least 4 members (excludes halogenated alkanes) is 9. The molecule has 1 saturated carbocycles. The van der Waals surface area contributed by atoms with Crippen LogP contribution in [0.1, 0.15) is 111 Å². The van der Waals surface area contributed by atoms with Gasteiger partial charge < -0.3 is 18.0 Å². The van der Waals surface area contributed by atoms with Crippen molar-refractivity contribution in [3.8, 4) is 0 Å². The molecule has 0 aromatic rings. The van der Waals surface area contributed by atoms with Crippen molar-refractivity contribution < 1.29 is 18.0 Å². The minimum absolute atomic E-state index is 0.657. The van der Waals surface area contributed by atoms with Gasteiger partial charge >= 0.3 is 8.80 Å². The molecule has 3 unspecified atom stereocenters. The molecule has 0 aromatic carbocycles. The maximum absolute atomic E-state index is 5.94. The standard InChI is InChI=1S/C24H48O4Si/c1-4-25-29(26-5-2,27-6-3)20-16-14-12-10-8-7-9-11-13-15-17-22-18-19-23-24(21-22)28-23/h22-24H,4-21H2,1-3H3. The van der Waals surface area contributed by atoms with Crippen LogP contribution in [-0.2, 0) is 18.0 Å². The van der Waals surface area contributed by atoms with E-state index in [1.807, 2.05) is 20.8 Å². The Kier molecular flexibility index (Phi) is 13.1. The van der Waals surface area contributed by atoms with Crippen LogP contribution in [0.5, 0.6) is 0 Å². The molecule has 0 N–H and O–H groups in total. The Balaban J connectivity index is 1.36. The number of ether oxygens (including phenoxy) is 1. The zero-order valence-corrected chi connectivity index (χ0v) is 20.6. The van der Waals surface area contributed by atoms with Crippen LogP contribution >= 0.6 is 0 Å². The van der Waals surface area contributed by atoms with E-state index in [2.05, 4.69) is 0 Å². The molecular formula is C24H48O4Si. The first-order chi connectivity index (χ1) is 14.2. The van der Waals surface area contributed by atoms with Crippen LogP contribution in [0.25, 0.3) is 0 Å². The van der Waals surface area contributed by atoms with Gasteiger partial charge in [-0.15, -0.1) is 0 Å². The minimum atomic E-state index is -2.41.